The molecule has 27 heavy (non-hydrogen) atoms. The van der Waals surface area contributed by atoms with Crippen LogP contribution in [0, 0.1) is 0 Å². The summed E-state index contributed by atoms with van der Waals surface area (Å²) in [5, 5.41) is 18.2. The molecule has 2 aromatic rings. The molecule has 0 unspecified atom stereocenters. The van der Waals surface area contributed by atoms with E-state index >= 15 is 0 Å². The second-order valence-electron chi connectivity index (χ2n) is 6.19. The van der Waals surface area contributed by atoms with Gasteiger partial charge in [0.25, 0.3) is 10.0 Å². The van der Waals surface area contributed by atoms with Crippen LogP contribution in [0.25, 0.3) is 5.57 Å². The van der Waals surface area contributed by atoms with Gasteiger partial charge in [-0.1, -0.05) is 24.8 Å². The van der Waals surface area contributed by atoms with Gasteiger partial charge in [0.1, 0.15) is 0 Å². The van der Waals surface area contributed by atoms with Crippen molar-refractivity contribution in [3.05, 3.63) is 60.2 Å². The molecule has 0 radical (unpaired) electrons. The number of hydrogen-bond donors (Lipinski definition) is 2. The second-order valence-corrected chi connectivity index (χ2v) is 8.05. The van der Waals surface area contributed by atoms with Crippen LogP contribution in [0.15, 0.2) is 53.9 Å². The maximum absolute atomic E-state index is 13.3. The second kappa shape index (κ2) is 7.42. The molecule has 0 bridgehead atoms. The average Bonchev–Trinajstić information content (AvgIpc) is 2.90. The van der Waals surface area contributed by atoms with Gasteiger partial charge in [0, 0.05) is 12.1 Å². The first-order valence-corrected chi connectivity index (χ1v) is 9.79. The number of carboxylic acid groups (broad SMARTS) is 1. The Balaban J connectivity index is 2.10. The Kier molecular flexibility index (Phi) is 5.20. The Labute approximate surface area is 157 Å². The first-order chi connectivity index (χ1) is 12.9. The van der Waals surface area contributed by atoms with Gasteiger partial charge in [-0.15, -0.1) is 0 Å². The number of fused-ring (bicyclic) bond motifs is 1. The third-order valence-corrected chi connectivity index (χ3v) is 6.35. The van der Waals surface area contributed by atoms with E-state index < -0.39 is 16.0 Å². The molecule has 8 heteroatoms. The number of hydrogen-bond acceptors (Lipinski definition) is 5. The van der Waals surface area contributed by atoms with E-state index in [9.17, 15) is 13.2 Å². The zero-order valence-electron chi connectivity index (χ0n) is 14.5. The number of rotatable bonds is 5. The molecule has 2 aromatic carbocycles. The zero-order chi connectivity index (χ0) is 19.6. The molecule has 0 amide bonds. The number of carboxylic acids is 1. The number of nitrogens with zero attached hydrogens (tertiary/aromatic N) is 1. The number of anilines is 1. The van der Waals surface area contributed by atoms with Crippen molar-refractivity contribution in [3.8, 4) is 5.75 Å². The largest absolute Gasteiger partial charge is 0.478 e. The third-order valence-electron chi connectivity index (χ3n) is 4.54. The molecule has 142 valence electrons. The standard InChI is InChI=1S/C19H19NO6S/c1-13(19(21)22)14-6-4-7-15(12-14)27(24,25)20-11-3-2-8-16-17(20)9-5-10-18(16)26-23/h4-7,9-10,12,23H,1-3,8,11H2,(H,21,22). The fraction of sp³-hybridized carbons (Fsp3) is 0.211. The van der Waals surface area contributed by atoms with Crippen molar-refractivity contribution >= 4 is 27.3 Å². The molecule has 0 saturated heterocycles. The molecule has 0 atom stereocenters. The van der Waals surface area contributed by atoms with E-state index in [2.05, 4.69) is 11.5 Å². The van der Waals surface area contributed by atoms with Crippen LogP contribution in [-0.4, -0.2) is 31.3 Å². The summed E-state index contributed by atoms with van der Waals surface area (Å²) in [6, 6.07) is 10.6. The van der Waals surface area contributed by atoms with Crippen molar-refractivity contribution in [2.45, 2.75) is 24.2 Å². The minimum absolute atomic E-state index is 0.0226. The lowest BCUT2D eigenvalue weighted by Gasteiger charge is -2.25. The summed E-state index contributed by atoms with van der Waals surface area (Å²) in [7, 11) is -3.94. The summed E-state index contributed by atoms with van der Waals surface area (Å²) < 4.78 is 27.9. The predicted octanol–water partition coefficient (Wildman–Crippen LogP) is 3.17. The van der Waals surface area contributed by atoms with Crippen LogP contribution in [0.4, 0.5) is 5.69 Å². The van der Waals surface area contributed by atoms with Gasteiger partial charge in [-0.05, 0) is 49.1 Å². The van der Waals surface area contributed by atoms with Gasteiger partial charge in [0.05, 0.1) is 16.2 Å². The summed E-state index contributed by atoms with van der Waals surface area (Å²) in [4.78, 5) is 15.5. The molecule has 0 saturated carbocycles. The molecule has 1 aliphatic rings. The van der Waals surface area contributed by atoms with Crippen LogP contribution in [0.3, 0.4) is 0 Å². The molecule has 3 rings (SSSR count). The lowest BCUT2D eigenvalue weighted by atomic mass is 10.1. The van der Waals surface area contributed by atoms with E-state index in [4.69, 9.17) is 10.4 Å². The molecular formula is C19H19NO6S. The van der Waals surface area contributed by atoms with Crippen LogP contribution in [0.5, 0.6) is 5.75 Å². The monoisotopic (exact) mass is 389 g/mol. The van der Waals surface area contributed by atoms with E-state index in [1.165, 1.54) is 28.6 Å². The molecule has 2 N–H and O–H groups in total. The number of carbonyl (C=O) groups is 1. The summed E-state index contributed by atoms with van der Waals surface area (Å²) in [6.45, 7) is 3.75. The van der Waals surface area contributed by atoms with Gasteiger partial charge in [-0.25, -0.2) is 18.5 Å². The molecule has 1 aliphatic heterocycles. The van der Waals surface area contributed by atoms with E-state index in [1.54, 1.807) is 18.2 Å². The average molecular weight is 389 g/mol. The Hall–Kier alpha value is -2.84. The Morgan fingerprint density at radius 3 is 2.59 bits per heavy atom. The SMILES string of the molecule is C=C(C(=O)O)c1cccc(S(=O)(=O)N2CCCCc3c(OO)cccc32)c1. The lowest BCUT2D eigenvalue weighted by molar-refractivity contribution is -0.138. The fourth-order valence-corrected chi connectivity index (χ4v) is 4.73. The van der Waals surface area contributed by atoms with E-state index in [0.29, 0.717) is 24.1 Å². The maximum atomic E-state index is 13.3. The predicted molar refractivity (Wildman–Crippen MR) is 100 cm³/mol. The molecule has 0 aliphatic carbocycles. The van der Waals surface area contributed by atoms with E-state index in [-0.39, 0.29) is 28.3 Å². The molecule has 0 spiro atoms. The van der Waals surface area contributed by atoms with Crippen LogP contribution >= 0.6 is 0 Å². The summed E-state index contributed by atoms with van der Waals surface area (Å²) >= 11 is 0. The Morgan fingerprint density at radius 1 is 1.15 bits per heavy atom. The minimum Gasteiger partial charge on any atom is -0.478 e. The maximum Gasteiger partial charge on any atom is 0.335 e. The van der Waals surface area contributed by atoms with Crippen molar-refractivity contribution < 1.29 is 28.5 Å². The first-order valence-electron chi connectivity index (χ1n) is 8.35. The summed E-state index contributed by atoms with van der Waals surface area (Å²) in [5.74, 6) is -0.989. The Bertz CT molecular complexity index is 999. The first kappa shape index (κ1) is 18.9. The van der Waals surface area contributed by atoms with Gasteiger partial charge >= 0.3 is 5.97 Å². The fourth-order valence-electron chi connectivity index (χ4n) is 3.15. The molecule has 1 heterocycles. The quantitative estimate of drug-likeness (QED) is 0.462. The molecular weight excluding hydrogens is 370 g/mol. The van der Waals surface area contributed by atoms with Gasteiger partial charge in [-0.3, -0.25) is 4.31 Å². The number of sulfonamides is 1. The van der Waals surface area contributed by atoms with Crippen molar-refractivity contribution in [2.75, 3.05) is 10.8 Å². The highest BCUT2D eigenvalue weighted by atomic mass is 32.2. The minimum atomic E-state index is -3.94. The van der Waals surface area contributed by atoms with Gasteiger partial charge < -0.3 is 9.99 Å². The van der Waals surface area contributed by atoms with Crippen LogP contribution in [0.2, 0.25) is 0 Å². The lowest BCUT2D eigenvalue weighted by Crippen LogP contribution is -2.32. The van der Waals surface area contributed by atoms with Crippen molar-refractivity contribution in [1.82, 2.24) is 0 Å². The highest BCUT2D eigenvalue weighted by Crippen LogP contribution is 2.36. The topological polar surface area (TPSA) is 104 Å². The normalized spacial score (nSPS) is 14.2. The highest BCUT2D eigenvalue weighted by molar-refractivity contribution is 7.92. The Morgan fingerprint density at radius 2 is 1.89 bits per heavy atom. The van der Waals surface area contributed by atoms with Crippen LogP contribution in [-0.2, 0) is 21.2 Å². The number of aliphatic carboxylic acids is 1. The zero-order valence-corrected chi connectivity index (χ0v) is 15.3. The summed E-state index contributed by atoms with van der Waals surface area (Å²) in [6.07, 6.45) is 1.96. The van der Waals surface area contributed by atoms with Crippen LogP contribution in [0.1, 0.15) is 24.0 Å². The molecule has 0 fully saturated rings. The smallest absolute Gasteiger partial charge is 0.335 e. The van der Waals surface area contributed by atoms with Gasteiger partial charge in [0.2, 0.25) is 0 Å². The van der Waals surface area contributed by atoms with E-state index in [0.717, 1.165) is 6.42 Å². The van der Waals surface area contributed by atoms with Crippen LogP contribution < -0.4 is 9.19 Å². The van der Waals surface area contributed by atoms with Crippen molar-refractivity contribution in [1.29, 1.82) is 0 Å². The summed E-state index contributed by atoms with van der Waals surface area (Å²) in [5.41, 5.74) is 1.11. The van der Waals surface area contributed by atoms with Gasteiger partial charge in [0.15, 0.2) is 5.75 Å². The van der Waals surface area contributed by atoms with Gasteiger partial charge in [-0.2, -0.15) is 0 Å². The van der Waals surface area contributed by atoms with Crippen molar-refractivity contribution in [2.24, 2.45) is 0 Å². The highest BCUT2D eigenvalue weighted by Gasteiger charge is 2.30. The van der Waals surface area contributed by atoms with E-state index in [1.807, 2.05) is 0 Å². The number of benzene rings is 2. The third kappa shape index (κ3) is 3.54. The molecule has 0 aromatic heterocycles. The van der Waals surface area contributed by atoms with Crippen molar-refractivity contribution in [3.63, 3.8) is 0 Å². The molecule has 7 nitrogen and oxygen atoms in total.